The Morgan fingerprint density at radius 3 is 2.20 bits per heavy atom. The van der Waals surface area contributed by atoms with Gasteiger partial charge in [-0.2, -0.15) is 0 Å². The molecule has 5 nitrogen and oxygen atoms in total. The molecule has 0 amide bonds. The normalized spacial score (nSPS) is 46.5. The van der Waals surface area contributed by atoms with Crippen molar-refractivity contribution in [1.29, 1.82) is 0 Å². The number of hydrogen-bond acceptors (Lipinski definition) is 5. The van der Waals surface area contributed by atoms with Gasteiger partial charge in [-0.15, -0.1) is 0 Å². The number of hydrogen-bond donors (Lipinski definition) is 2. The Labute approximate surface area is 167 Å². The molecule has 1 aliphatic heterocycles. The summed E-state index contributed by atoms with van der Waals surface area (Å²) in [6.07, 6.45) is -0.430. The molecule has 0 unspecified atom stereocenters. The predicted molar refractivity (Wildman–Crippen MR) is 103 cm³/mol. The van der Waals surface area contributed by atoms with E-state index in [4.69, 9.17) is 9.47 Å². The summed E-state index contributed by atoms with van der Waals surface area (Å²) in [6, 6.07) is 0. The van der Waals surface area contributed by atoms with Gasteiger partial charge >= 0.3 is 5.97 Å². The Kier molecular flexibility index (Phi) is 5.81. The highest BCUT2D eigenvalue weighted by atomic mass is 79.9. The number of aliphatic hydroxyl groups is 2. The minimum atomic E-state index is -1.54. The van der Waals surface area contributed by atoms with E-state index in [0.29, 0.717) is 19.3 Å². The maximum absolute atomic E-state index is 11.7. The molecule has 2 N–H and O–H groups in total. The van der Waals surface area contributed by atoms with Gasteiger partial charge in [0.1, 0.15) is 17.3 Å². The number of carbonyl (C=O) groups is 1. The number of halogens is 2. The van der Waals surface area contributed by atoms with Crippen molar-refractivity contribution in [2.45, 2.75) is 99.5 Å². The van der Waals surface area contributed by atoms with Crippen LogP contribution in [0.2, 0.25) is 0 Å². The third-order valence-corrected chi connectivity index (χ3v) is 9.08. The summed E-state index contributed by atoms with van der Waals surface area (Å²) in [5.74, 6) is -0.427. The molecule has 1 saturated heterocycles. The monoisotopic (exact) mass is 484 g/mol. The first kappa shape index (κ1) is 21.6. The third kappa shape index (κ3) is 3.68. The molecule has 7 heteroatoms. The van der Waals surface area contributed by atoms with Crippen LogP contribution < -0.4 is 0 Å². The molecule has 0 bridgehead atoms. The zero-order valence-electron chi connectivity index (χ0n) is 15.8. The second-order valence-corrected chi connectivity index (χ2v) is 11.1. The molecule has 1 heterocycles. The van der Waals surface area contributed by atoms with E-state index in [1.165, 1.54) is 6.92 Å². The smallest absolute Gasteiger partial charge is 0.303 e. The summed E-state index contributed by atoms with van der Waals surface area (Å²) < 4.78 is 11.9. The number of esters is 1. The second kappa shape index (κ2) is 6.73. The molecule has 0 aromatic carbocycles. The van der Waals surface area contributed by atoms with Gasteiger partial charge in [-0.1, -0.05) is 45.7 Å². The third-order valence-electron chi connectivity index (χ3n) is 6.04. The molecule has 146 valence electrons. The van der Waals surface area contributed by atoms with Crippen molar-refractivity contribution in [2.75, 3.05) is 0 Å². The number of aliphatic hydroxyl groups excluding tert-OH is 1. The lowest BCUT2D eigenvalue weighted by Gasteiger charge is -2.60. The minimum Gasteiger partial charge on any atom is -0.459 e. The van der Waals surface area contributed by atoms with Crippen LogP contribution in [0.5, 0.6) is 0 Å². The van der Waals surface area contributed by atoms with Crippen LogP contribution in [-0.4, -0.2) is 54.8 Å². The first-order valence-corrected chi connectivity index (χ1v) is 10.5. The van der Waals surface area contributed by atoms with Crippen molar-refractivity contribution in [2.24, 2.45) is 5.41 Å². The molecule has 1 saturated carbocycles. The van der Waals surface area contributed by atoms with E-state index in [-0.39, 0.29) is 15.1 Å². The molecule has 2 aliphatic rings. The zero-order valence-corrected chi connectivity index (χ0v) is 19.0. The fourth-order valence-electron chi connectivity index (χ4n) is 4.11. The Balaban J connectivity index is 2.47. The van der Waals surface area contributed by atoms with Gasteiger partial charge in [-0.25, -0.2) is 0 Å². The SMILES string of the molecule is CC(=O)O[C@@H]1C[C@@H](Br)C(C)(C)O[C@]1(C)[C@]1(O)C[C@H](Br)C(C)(C)C[C@@H]1O. The number of carbonyl (C=O) groups excluding carboxylic acids is 1. The average Bonchev–Trinajstić information content (AvgIpc) is 2.41. The number of alkyl halides is 2. The van der Waals surface area contributed by atoms with Gasteiger partial charge in [-0.3, -0.25) is 4.79 Å². The summed E-state index contributed by atoms with van der Waals surface area (Å²) in [5, 5.41) is 22.5. The van der Waals surface area contributed by atoms with Crippen LogP contribution in [0.25, 0.3) is 0 Å². The molecule has 0 aromatic rings. The van der Waals surface area contributed by atoms with Crippen molar-refractivity contribution in [3.63, 3.8) is 0 Å². The molecule has 0 aromatic heterocycles. The van der Waals surface area contributed by atoms with Crippen LogP contribution in [0, 0.1) is 5.41 Å². The van der Waals surface area contributed by atoms with Crippen molar-refractivity contribution in [3.05, 3.63) is 0 Å². The Morgan fingerprint density at radius 1 is 1.12 bits per heavy atom. The van der Waals surface area contributed by atoms with E-state index < -0.39 is 35.0 Å². The van der Waals surface area contributed by atoms with Crippen molar-refractivity contribution in [3.8, 4) is 0 Å². The molecule has 2 rings (SSSR count). The molecule has 0 radical (unpaired) electrons. The Morgan fingerprint density at radius 2 is 1.68 bits per heavy atom. The summed E-state index contributed by atoms with van der Waals surface area (Å²) in [6.45, 7) is 11.1. The molecular formula is C18H30Br2O5. The summed E-state index contributed by atoms with van der Waals surface area (Å²) in [5.41, 5.74) is -3.52. The maximum Gasteiger partial charge on any atom is 0.303 e. The van der Waals surface area contributed by atoms with E-state index >= 15 is 0 Å². The molecule has 6 atom stereocenters. The fraction of sp³-hybridized carbons (Fsp3) is 0.944. The average molecular weight is 486 g/mol. The molecule has 0 spiro atoms. The quantitative estimate of drug-likeness (QED) is 0.463. The van der Waals surface area contributed by atoms with Crippen molar-refractivity contribution >= 4 is 37.8 Å². The second-order valence-electron chi connectivity index (χ2n) is 8.92. The Bertz CT molecular complexity index is 538. The molecule has 1 aliphatic carbocycles. The van der Waals surface area contributed by atoms with Gasteiger partial charge < -0.3 is 19.7 Å². The largest absolute Gasteiger partial charge is 0.459 e. The summed E-state index contributed by atoms with van der Waals surface area (Å²) >= 11 is 7.28. The van der Waals surface area contributed by atoms with Gasteiger partial charge in [0.05, 0.1) is 11.7 Å². The number of rotatable bonds is 2. The van der Waals surface area contributed by atoms with Gasteiger partial charge in [0.15, 0.2) is 0 Å². The van der Waals surface area contributed by atoms with E-state index in [1.807, 2.05) is 13.8 Å². The van der Waals surface area contributed by atoms with Gasteiger partial charge in [0.25, 0.3) is 0 Å². The van der Waals surface area contributed by atoms with E-state index in [1.54, 1.807) is 6.92 Å². The van der Waals surface area contributed by atoms with Gasteiger partial charge in [0.2, 0.25) is 0 Å². The standard InChI is InChI=1S/C18H30Br2O5/c1-10(21)24-14-7-11(19)16(4,5)25-17(14,6)18(23)8-12(20)15(2,3)9-13(18)22/h11-14,22-23H,7-9H2,1-6H3/t11-,12+,13+,14-,17+,18+/m1/s1. The maximum atomic E-state index is 11.7. The van der Waals surface area contributed by atoms with Crippen LogP contribution >= 0.6 is 31.9 Å². The fourth-order valence-corrected chi connectivity index (χ4v) is 5.23. The van der Waals surface area contributed by atoms with Gasteiger partial charge in [-0.05, 0) is 39.0 Å². The highest BCUT2D eigenvalue weighted by Crippen LogP contribution is 2.54. The lowest BCUT2D eigenvalue weighted by Crippen LogP contribution is -2.74. The lowest BCUT2D eigenvalue weighted by atomic mass is 9.61. The summed E-state index contributed by atoms with van der Waals surface area (Å²) in [4.78, 5) is 11.6. The van der Waals surface area contributed by atoms with Gasteiger partial charge in [0, 0.05) is 23.0 Å². The van der Waals surface area contributed by atoms with Crippen molar-refractivity contribution < 1.29 is 24.5 Å². The molecular weight excluding hydrogens is 456 g/mol. The molecule has 25 heavy (non-hydrogen) atoms. The van der Waals surface area contributed by atoms with E-state index in [0.717, 1.165) is 0 Å². The van der Waals surface area contributed by atoms with Crippen molar-refractivity contribution in [1.82, 2.24) is 0 Å². The van der Waals surface area contributed by atoms with Crippen LogP contribution in [0.15, 0.2) is 0 Å². The Hall–Kier alpha value is 0.310. The predicted octanol–water partition coefficient (Wildman–Crippen LogP) is 3.31. The summed E-state index contributed by atoms with van der Waals surface area (Å²) in [7, 11) is 0. The topological polar surface area (TPSA) is 76.0 Å². The zero-order chi connectivity index (χ0) is 19.4. The highest BCUT2D eigenvalue weighted by molar-refractivity contribution is 9.09. The lowest BCUT2D eigenvalue weighted by molar-refractivity contribution is -0.314. The van der Waals surface area contributed by atoms with Crippen LogP contribution in [0.1, 0.15) is 60.8 Å². The van der Waals surface area contributed by atoms with E-state index in [2.05, 4.69) is 45.7 Å². The van der Waals surface area contributed by atoms with Crippen LogP contribution in [0.3, 0.4) is 0 Å². The highest BCUT2D eigenvalue weighted by Gasteiger charge is 2.66. The molecule has 2 fully saturated rings. The van der Waals surface area contributed by atoms with Crippen LogP contribution in [0.4, 0.5) is 0 Å². The van der Waals surface area contributed by atoms with Crippen LogP contribution in [-0.2, 0) is 14.3 Å². The first-order valence-electron chi connectivity index (χ1n) is 8.72. The first-order chi connectivity index (χ1) is 11.2. The minimum absolute atomic E-state index is 0.00314. The van der Waals surface area contributed by atoms with E-state index in [9.17, 15) is 15.0 Å². The number of ether oxygens (including phenoxy) is 2.